The number of benzene rings is 2. The molecule has 0 saturated carbocycles. The molecule has 4 rings (SSSR count). The molecule has 2 aromatic carbocycles. The van der Waals surface area contributed by atoms with Crippen molar-refractivity contribution in [3.8, 4) is 23.0 Å². The Morgan fingerprint density at radius 2 is 1.96 bits per heavy atom. The van der Waals surface area contributed by atoms with Gasteiger partial charge in [-0.1, -0.05) is 42.1 Å². The minimum atomic E-state index is 0.133. The van der Waals surface area contributed by atoms with Gasteiger partial charge in [0.25, 0.3) is 11.1 Å². The first-order chi connectivity index (χ1) is 11.8. The molecule has 24 heavy (non-hydrogen) atoms. The Bertz CT molecular complexity index is 825. The van der Waals surface area contributed by atoms with Crippen LogP contribution in [0.4, 0.5) is 0 Å². The van der Waals surface area contributed by atoms with Crippen LogP contribution in [0.25, 0.3) is 11.5 Å². The number of thioether (sulfide) groups is 1. The van der Waals surface area contributed by atoms with E-state index >= 15 is 0 Å². The Labute approximate surface area is 144 Å². The predicted octanol–water partition coefficient (Wildman–Crippen LogP) is 3.84. The van der Waals surface area contributed by atoms with E-state index in [0.29, 0.717) is 16.9 Å². The molecule has 1 atom stereocenters. The van der Waals surface area contributed by atoms with Gasteiger partial charge < -0.3 is 13.9 Å². The molecular weight excluding hydrogens is 324 g/mol. The second-order valence-electron chi connectivity index (χ2n) is 5.44. The summed E-state index contributed by atoms with van der Waals surface area (Å²) in [6, 6.07) is 15.7. The fraction of sp³-hybridized carbons (Fsp3) is 0.222. The largest absolute Gasteiger partial charge is 0.496 e. The molecule has 5 nitrogen and oxygen atoms in total. The van der Waals surface area contributed by atoms with E-state index in [1.54, 1.807) is 7.11 Å². The maximum Gasteiger partial charge on any atom is 0.276 e. The number of nitrogens with zero attached hydrogens (tertiary/aromatic N) is 2. The Kier molecular flexibility index (Phi) is 4.13. The normalized spacial score (nSPS) is 15.8. The van der Waals surface area contributed by atoms with Gasteiger partial charge in [0, 0.05) is 12.2 Å². The number of fused-ring (bicyclic) bond motifs is 1. The van der Waals surface area contributed by atoms with Gasteiger partial charge in [-0.15, -0.1) is 10.2 Å². The van der Waals surface area contributed by atoms with Gasteiger partial charge in [0.2, 0.25) is 0 Å². The average Bonchev–Trinajstić information content (AvgIpc) is 3.26. The molecule has 0 amide bonds. The highest BCUT2D eigenvalue weighted by Crippen LogP contribution is 2.33. The number of hydrogen-bond donors (Lipinski definition) is 0. The number of methoxy groups -OCH3 is 1. The van der Waals surface area contributed by atoms with Gasteiger partial charge in [0.15, 0.2) is 0 Å². The van der Waals surface area contributed by atoms with Crippen LogP contribution in [0.3, 0.4) is 0 Å². The Hall–Kier alpha value is -2.47. The van der Waals surface area contributed by atoms with Crippen molar-refractivity contribution in [1.29, 1.82) is 0 Å². The molecule has 1 aromatic heterocycles. The maximum absolute atomic E-state index is 5.93. The molecule has 0 fully saturated rings. The molecule has 1 aliphatic rings. The van der Waals surface area contributed by atoms with Crippen molar-refractivity contribution in [2.45, 2.75) is 17.7 Å². The van der Waals surface area contributed by atoms with E-state index in [1.165, 1.54) is 17.3 Å². The highest BCUT2D eigenvalue weighted by molar-refractivity contribution is 7.99. The number of hydrogen-bond acceptors (Lipinski definition) is 6. The number of para-hydroxylation sites is 2. The molecule has 2 heterocycles. The van der Waals surface area contributed by atoms with E-state index in [2.05, 4.69) is 16.3 Å². The predicted molar refractivity (Wildman–Crippen MR) is 91.6 cm³/mol. The molecule has 3 aromatic rings. The molecule has 122 valence electrons. The first kappa shape index (κ1) is 15.1. The number of ether oxygens (including phenoxy) is 2. The number of aromatic nitrogens is 2. The third-order valence-electron chi connectivity index (χ3n) is 3.85. The fourth-order valence-corrected chi connectivity index (χ4v) is 3.46. The van der Waals surface area contributed by atoms with Crippen molar-refractivity contribution >= 4 is 11.8 Å². The Balaban J connectivity index is 1.42. The smallest absolute Gasteiger partial charge is 0.276 e. The van der Waals surface area contributed by atoms with Gasteiger partial charge in [-0.05, 0) is 23.8 Å². The molecule has 6 heteroatoms. The zero-order valence-electron chi connectivity index (χ0n) is 13.1. The summed E-state index contributed by atoms with van der Waals surface area (Å²) in [5.41, 5.74) is 2.05. The summed E-state index contributed by atoms with van der Waals surface area (Å²) >= 11 is 1.51. The van der Waals surface area contributed by atoms with Gasteiger partial charge in [0.1, 0.15) is 17.6 Å². The standard InChI is InChI=1S/C18H16N2O3S/c1-21-16-9-5-3-7-14(16)17-19-20-18(23-17)24-11-13-10-12-6-2-4-8-15(12)22-13/h2-9,13H,10-11H2,1H3/t13-/m1/s1. The summed E-state index contributed by atoms with van der Waals surface area (Å²) in [4.78, 5) is 0. The third kappa shape index (κ3) is 2.97. The zero-order valence-corrected chi connectivity index (χ0v) is 14.0. The van der Waals surface area contributed by atoms with E-state index in [-0.39, 0.29) is 6.10 Å². The topological polar surface area (TPSA) is 57.4 Å². The van der Waals surface area contributed by atoms with Crippen molar-refractivity contribution in [2.75, 3.05) is 12.9 Å². The second kappa shape index (κ2) is 6.57. The molecule has 0 spiro atoms. The second-order valence-corrected chi connectivity index (χ2v) is 6.41. The van der Waals surface area contributed by atoms with E-state index < -0.39 is 0 Å². The summed E-state index contributed by atoms with van der Waals surface area (Å²) in [6.45, 7) is 0. The van der Waals surface area contributed by atoms with Crippen molar-refractivity contribution in [3.05, 3.63) is 54.1 Å². The highest BCUT2D eigenvalue weighted by Gasteiger charge is 2.23. The summed E-state index contributed by atoms with van der Waals surface area (Å²) in [5, 5.41) is 8.77. The lowest BCUT2D eigenvalue weighted by Gasteiger charge is -2.07. The molecule has 0 aliphatic carbocycles. The third-order valence-corrected chi connectivity index (χ3v) is 4.80. The van der Waals surface area contributed by atoms with Crippen LogP contribution in [-0.2, 0) is 6.42 Å². The molecule has 0 N–H and O–H groups in total. The molecular formula is C18H16N2O3S. The quantitative estimate of drug-likeness (QED) is 0.658. The van der Waals surface area contributed by atoms with E-state index in [1.807, 2.05) is 42.5 Å². The van der Waals surface area contributed by atoms with Gasteiger partial charge in [-0.2, -0.15) is 0 Å². The van der Waals surface area contributed by atoms with E-state index in [0.717, 1.165) is 23.5 Å². The van der Waals surface area contributed by atoms with Crippen LogP contribution in [0, 0.1) is 0 Å². The SMILES string of the molecule is COc1ccccc1-c1nnc(SC[C@H]2Cc3ccccc3O2)o1. The minimum absolute atomic E-state index is 0.133. The van der Waals surface area contributed by atoms with Crippen LogP contribution < -0.4 is 9.47 Å². The molecule has 0 radical (unpaired) electrons. The van der Waals surface area contributed by atoms with Crippen LogP contribution in [0.15, 0.2) is 58.2 Å². The van der Waals surface area contributed by atoms with Gasteiger partial charge >= 0.3 is 0 Å². The highest BCUT2D eigenvalue weighted by atomic mass is 32.2. The van der Waals surface area contributed by atoms with Gasteiger partial charge in [-0.3, -0.25) is 0 Å². The van der Waals surface area contributed by atoms with Gasteiger partial charge in [0.05, 0.1) is 12.7 Å². The van der Waals surface area contributed by atoms with Crippen molar-refractivity contribution in [1.82, 2.24) is 10.2 Å². The molecule has 0 unspecified atom stereocenters. The average molecular weight is 340 g/mol. The van der Waals surface area contributed by atoms with E-state index in [9.17, 15) is 0 Å². The van der Waals surface area contributed by atoms with Crippen molar-refractivity contribution in [3.63, 3.8) is 0 Å². The van der Waals surface area contributed by atoms with Gasteiger partial charge in [-0.25, -0.2) is 0 Å². The van der Waals surface area contributed by atoms with Crippen LogP contribution in [0.1, 0.15) is 5.56 Å². The summed E-state index contributed by atoms with van der Waals surface area (Å²) < 4.78 is 17.0. The molecule has 0 bridgehead atoms. The minimum Gasteiger partial charge on any atom is -0.496 e. The fourth-order valence-electron chi connectivity index (χ4n) is 2.71. The molecule has 0 saturated heterocycles. The molecule has 1 aliphatic heterocycles. The van der Waals surface area contributed by atoms with E-state index in [4.69, 9.17) is 13.9 Å². The van der Waals surface area contributed by atoms with Crippen molar-refractivity contribution in [2.24, 2.45) is 0 Å². The maximum atomic E-state index is 5.93. The number of rotatable bonds is 5. The summed E-state index contributed by atoms with van der Waals surface area (Å²) in [5.74, 6) is 2.92. The zero-order chi connectivity index (χ0) is 16.4. The summed E-state index contributed by atoms with van der Waals surface area (Å²) in [6.07, 6.45) is 1.05. The lowest BCUT2D eigenvalue weighted by Crippen LogP contribution is -2.15. The van der Waals surface area contributed by atoms with Crippen LogP contribution in [0.5, 0.6) is 11.5 Å². The van der Waals surface area contributed by atoms with Crippen molar-refractivity contribution < 1.29 is 13.9 Å². The summed E-state index contributed by atoms with van der Waals surface area (Å²) in [7, 11) is 1.62. The lowest BCUT2D eigenvalue weighted by molar-refractivity contribution is 0.259. The first-order valence-corrected chi connectivity index (χ1v) is 8.66. The van der Waals surface area contributed by atoms with Crippen LogP contribution >= 0.6 is 11.8 Å². The monoisotopic (exact) mass is 340 g/mol. The van der Waals surface area contributed by atoms with Crippen LogP contribution in [-0.4, -0.2) is 29.2 Å². The van der Waals surface area contributed by atoms with Crippen LogP contribution in [0.2, 0.25) is 0 Å². The lowest BCUT2D eigenvalue weighted by atomic mass is 10.1. The Morgan fingerprint density at radius 3 is 2.83 bits per heavy atom. The Morgan fingerprint density at radius 1 is 1.12 bits per heavy atom. The first-order valence-electron chi connectivity index (χ1n) is 7.68.